The Bertz CT molecular complexity index is 638. The summed E-state index contributed by atoms with van der Waals surface area (Å²) in [6, 6.07) is 20.9. The van der Waals surface area contributed by atoms with Crippen molar-refractivity contribution in [1.82, 2.24) is 0 Å². The molecule has 0 aromatic heterocycles. The van der Waals surface area contributed by atoms with Crippen molar-refractivity contribution in [3.63, 3.8) is 0 Å². The van der Waals surface area contributed by atoms with Gasteiger partial charge in [0.25, 0.3) is 8.32 Å². The molecule has 0 aliphatic heterocycles. The Morgan fingerprint density at radius 1 is 0.846 bits per heavy atom. The van der Waals surface area contributed by atoms with Crippen molar-refractivity contribution in [2.24, 2.45) is 5.41 Å². The van der Waals surface area contributed by atoms with Crippen LogP contribution in [0.2, 0.25) is 5.04 Å². The number of rotatable bonds is 7. The quantitative estimate of drug-likeness (QED) is 0.735. The van der Waals surface area contributed by atoms with Crippen LogP contribution in [0, 0.1) is 5.41 Å². The molecular formula is C22H32O3Si. The van der Waals surface area contributed by atoms with Crippen LogP contribution in [0.25, 0.3) is 0 Å². The zero-order valence-corrected chi connectivity index (χ0v) is 17.6. The minimum absolute atomic E-state index is 0.101. The lowest BCUT2D eigenvalue weighted by Gasteiger charge is -2.45. The van der Waals surface area contributed by atoms with Crippen LogP contribution >= 0.6 is 0 Å². The van der Waals surface area contributed by atoms with E-state index in [0.717, 1.165) is 0 Å². The minimum Gasteiger partial charge on any atom is -0.407 e. The van der Waals surface area contributed by atoms with Gasteiger partial charge in [0.2, 0.25) is 0 Å². The normalized spacial score (nSPS) is 14.3. The van der Waals surface area contributed by atoms with Crippen molar-refractivity contribution >= 4 is 18.7 Å². The van der Waals surface area contributed by atoms with E-state index in [0.29, 0.717) is 6.61 Å². The molecule has 4 heteroatoms. The van der Waals surface area contributed by atoms with E-state index >= 15 is 0 Å². The molecule has 2 aromatic rings. The van der Waals surface area contributed by atoms with Gasteiger partial charge < -0.3 is 14.6 Å². The summed E-state index contributed by atoms with van der Waals surface area (Å²) in [7, 11) is -2.61. The molecule has 0 saturated heterocycles. The number of benzene rings is 2. The average Bonchev–Trinajstić information content (AvgIpc) is 2.62. The summed E-state index contributed by atoms with van der Waals surface area (Å²) in [6.45, 7) is 10.7. The molecule has 0 radical (unpaired) electrons. The third-order valence-corrected chi connectivity index (χ3v) is 10.1. The van der Waals surface area contributed by atoms with E-state index in [-0.39, 0.29) is 11.6 Å². The Balaban J connectivity index is 2.58. The van der Waals surface area contributed by atoms with Crippen molar-refractivity contribution < 1.29 is 14.6 Å². The first-order chi connectivity index (χ1) is 12.1. The molecule has 0 aliphatic rings. The first-order valence-electron chi connectivity index (χ1n) is 9.19. The largest absolute Gasteiger partial charge is 0.407 e. The van der Waals surface area contributed by atoms with Crippen LogP contribution < -0.4 is 10.4 Å². The van der Waals surface area contributed by atoms with Gasteiger partial charge in [-0.25, -0.2) is 0 Å². The molecule has 0 heterocycles. The summed E-state index contributed by atoms with van der Waals surface area (Å²) in [5.41, 5.74) is -0.540. The predicted octanol–water partition coefficient (Wildman–Crippen LogP) is 2.94. The smallest absolute Gasteiger partial charge is 0.261 e. The second kappa shape index (κ2) is 8.05. The first kappa shape index (κ1) is 20.8. The third-order valence-electron chi connectivity index (χ3n) is 5.15. The van der Waals surface area contributed by atoms with E-state index in [2.05, 4.69) is 69.3 Å². The maximum Gasteiger partial charge on any atom is 0.261 e. The maximum absolute atomic E-state index is 10.2. The monoisotopic (exact) mass is 372 g/mol. The molecule has 0 aliphatic carbocycles. The van der Waals surface area contributed by atoms with Gasteiger partial charge >= 0.3 is 0 Å². The van der Waals surface area contributed by atoms with Gasteiger partial charge in [-0.3, -0.25) is 0 Å². The van der Waals surface area contributed by atoms with Crippen LogP contribution in [0.15, 0.2) is 60.7 Å². The fourth-order valence-corrected chi connectivity index (χ4v) is 8.14. The lowest BCUT2D eigenvalue weighted by Crippen LogP contribution is -2.67. The molecule has 1 atom stereocenters. The van der Waals surface area contributed by atoms with Gasteiger partial charge in [0, 0.05) is 12.0 Å². The second-order valence-electron chi connectivity index (χ2n) is 8.64. The summed E-state index contributed by atoms with van der Waals surface area (Å²) >= 11 is 0. The molecule has 2 aromatic carbocycles. The van der Waals surface area contributed by atoms with E-state index in [1.807, 2.05) is 26.0 Å². The van der Waals surface area contributed by atoms with E-state index < -0.39 is 19.8 Å². The lowest BCUT2D eigenvalue weighted by molar-refractivity contribution is -0.0218. The zero-order chi connectivity index (χ0) is 19.4. The molecular weight excluding hydrogens is 340 g/mol. The molecule has 0 fully saturated rings. The number of aliphatic hydroxyl groups is 2. The fraction of sp³-hybridized carbons (Fsp3) is 0.455. The van der Waals surface area contributed by atoms with E-state index in [9.17, 15) is 10.2 Å². The van der Waals surface area contributed by atoms with Crippen LogP contribution in [-0.4, -0.2) is 37.8 Å². The van der Waals surface area contributed by atoms with E-state index in [1.165, 1.54) is 10.4 Å². The molecule has 0 saturated carbocycles. The second-order valence-corrected chi connectivity index (χ2v) is 12.9. The highest BCUT2D eigenvalue weighted by Crippen LogP contribution is 2.38. The van der Waals surface area contributed by atoms with Gasteiger partial charge in [0.15, 0.2) is 0 Å². The highest BCUT2D eigenvalue weighted by Gasteiger charge is 2.51. The summed E-state index contributed by atoms with van der Waals surface area (Å²) < 4.78 is 6.82. The van der Waals surface area contributed by atoms with Crippen molar-refractivity contribution in [2.45, 2.75) is 45.8 Å². The van der Waals surface area contributed by atoms with Gasteiger partial charge in [-0.2, -0.15) is 0 Å². The van der Waals surface area contributed by atoms with Crippen LogP contribution in [0.4, 0.5) is 0 Å². The van der Waals surface area contributed by atoms with E-state index in [4.69, 9.17) is 4.43 Å². The minimum atomic E-state index is -2.61. The molecule has 0 unspecified atom stereocenters. The van der Waals surface area contributed by atoms with Gasteiger partial charge in [0.05, 0.1) is 12.7 Å². The van der Waals surface area contributed by atoms with Crippen molar-refractivity contribution in [3.05, 3.63) is 60.7 Å². The summed E-state index contributed by atoms with van der Waals surface area (Å²) in [6.07, 6.45) is -0.819. The van der Waals surface area contributed by atoms with Crippen LogP contribution in [0.3, 0.4) is 0 Å². The Morgan fingerprint density at radius 3 is 1.62 bits per heavy atom. The molecule has 3 nitrogen and oxygen atoms in total. The Kier molecular flexibility index (Phi) is 6.45. The average molecular weight is 373 g/mol. The van der Waals surface area contributed by atoms with E-state index in [1.54, 1.807) is 0 Å². The number of hydrogen-bond acceptors (Lipinski definition) is 3. The topological polar surface area (TPSA) is 49.7 Å². The molecule has 26 heavy (non-hydrogen) atoms. The molecule has 2 N–H and O–H groups in total. The Labute approximate surface area is 158 Å². The SMILES string of the molecule is CC(C)(CO[Si](c1ccccc1)(c1ccccc1)C(C)(C)C)[C@@H](O)CO. The van der Waals surface area contributed by atoms with Crippen LogP contribution in [0.1, 0.15) is 34.6 Å². The van der Waals surface area contributed by atoms with Crippen LogP contribution in [0.5, 0.6) is 0 Å². The van der Waals surface area contributed by atoms with Crippen molar-refractivity contribution in [2.75, 3.05) is 13.2 Å². The lowest BCUT2D eigenvalue weighted by atomic mass is 9.88. The molecule has 0 spiro atoms. The predicted molar refractivity (Wildman–Crippen MR) is 110 cm³/mol. The molecule has 142 valence electrons. The van der Waals surface area contributed by atoms with Gasteiger partial charge in [-0.15, -0.1) is 0 Å². The first-order valence-corrected chi connectivity index (χ1v) is 11.1. The Hall–Kier alpha value is -1.46. The van der Waals surface area contributed by atoms with Gasteiger partial charge in [0.1, 0.15) is 0 Å². The fourth-order valence-electron chi connectivity index (χ4n) is 3.40. The zero-order valence-electron chi connectivity index (χ0n) is 16.6. The molecule has 2 rings (SSSR count). The number of aliphatic hydroxyl groups excluding tert-OH is 2. The van der Waals surface area contributed by atoms with Gasteiger partial charge in [-0.05, 0) is 15.4 Å². The standard InChI is InChI=1S/C22H32O3Si/c1-21(2,3)26(18-12-8-6-9-13-18,19-14-10-7-11-15-19)25-17-22(4,5)20(24)16-23/h6-15,20,23-24H,16-17H2,1-5H3/t20-/m0/s1. The summed E-state index contributed by atoms with van der Waals surface area (Å²) in [5.74, 6) is 0. The third kappa shape index (κ3) is 4.09. The maximum atomic E-state index is 10.2. The van der Waals surface area contributed by atoms with Crippen molar-refractivity contribution in [3.8, 4) is 0 Å². The summed E-state index contributed by atoms with van der Waals surface area (Å²) in [4.78, 5) is 0. The van der Waals surface area contributed by atoms with Gasteiger partial charge in [-0.1, -0.05) is 95.3 Å². The Morgan fingerprint density at radius 2 is 1.27 bits per heavy atom. The summed E-state index contributed by atoms with van der Waals surface area (Å²) in [5, 5.41) is 21.9. The highest BCUT2D eigenvalue weighted by atomic mass is 28.4. The highest BCUT2D eigenvalue weighted by molar-refractivity contribution is 6.99. The molecule has 0 bridgehead atoms. The molecule has 0 amide bonds. The number of hydrogen-bond donors (Lipinski definition) is 2. The van der Waals surface area contributed by atoms with Crippen molar-refractivity contribution in [1.29, 1.82) is 0 Å². The van der Waals surface area contributed by atoms with Crippen LogP contribution in [-0.2, 0) is 4.43 Å².